The first-order valence-corrected chi connectivity index (χ1v) is 6.62. The minimum atomic E-state index is -1.41. The number of fused-ring (bicyclic) bond motifs is 1. The Kier molecular flexibility index (Phi) is 4.40. The molecule has 0 aliphatic heterocycles. The van der Waals surface area contributed by atoms with Crippen molar-refractivity contribution >= 4 is 22.8 Å². The summed E-state index contributed by atoms with van der Waals surface area (Å²) in [5.74, 6) is -2.00. The second-order valence-corrected chi connectivity index (χ2v) is 4.79. The number of H-pyrrole nitrogens is 1. The largest absolute Gasteiger partial charge is 0.548 e. The van der Waals surface area contributed by atoms with Gasteiger partial charge in [-0.3, -0.25) is 14.2 Å². The molecule has 2 N–H and O–H groups in total. The Hall–Kier alpha value is -2.90. The lowest BCUT2D eigenvalue weighted by Crippen LogP contribution is -2.46. The Balaban J connectivity index is 2.19. The smallest absolute Gasteiger partial charge is 0.328 e. The van der Waals surface area contributed by atoms with Crippen LogP contribution >= 0.6 is 0 Å². The zero-order valence-electron chi connectivity index (χ0n) is 11.8. The molecule has 116 valence electrons. The van der Waals surface area contributed by atoms with E-state index in [2.05, 4.69) is 10.3 Å². The lowest BCUT2D eigenvalue weighted by atomic mass is 10.2. The van der Waals surface area contributed by atoms with Crippen molar-refractivity contribution in [3.05, 3.63) is 45.1 Å². The highest BCUT2D eigenvalue weighted by Gasteiger charge is 2.11. The van der Waals surface area contributed by atoms with Crippen LogP contribution in [0.1, 0.15) is 13.3 Å². The number of rotatable bonds is 5. The summed E-state index contributed by atoms with van der Waals surface area (Å²) in [5.41, 5.74) is -0.701. The molecule has 1 aromatic carbocycles. The molecule has 0 spiro atoms. The molecule has 0 unspecified atom stereocenters. The number of amides is 1. The van der Waals surface area contributed by atoms with Gasteiger partial charge in [-0.1, -0.05) is 12.1 Å². The molecular weight excluding hydrogens is 290 g/mol. The third kappa shape index (κ3) is 3.22. The van der Waals surface area contributed by atoms with Crippen LogP contribution in [0.15, 0.2) is 33.9 Å². The van der Waals surface area contributed by atoms with Crippen LogP contribution in [0.5, 0.6) is 0 Å². The maximum Gasteiger partial charge on any atom is 0.328 e. The Bertz CT molecular complexity index is 836. The second-order valence-electron chi connectivity index (χ2n) is 4.79. The number of carboxylic acids is 1. The zero-order chi connectivity index (χ0) is 16.3. The first kappa shape index (κ1) is 15.5. The first-order chi connectivity index (χ1) is 10.4. The van der Waals surface area contributed by atoms with Crippen LogP contribution in [-0.4, -0.2) is 27.5 Å². The van der Waals surface area contributed by atoms with Gasteiger partial charge in [0.1, 0.15) is 0 Å². The highest BCUT2D eigenvalue weighted by atomic mass is 16.4. The molecule has 1 atom stereocenters. The van der Waals surface area contributed by atoms with E-state index in [0.29, 0.717) is 10.9 Å². The third-order valence-corrected chi connectivity index (χ3v) is 3.18. The van der Waals surface area contributed by atoms with Crippen LogP contribution in [-0.2, 0) is 16.1 Å². The fourth-order valence-electron chi connectivity index (χ4n) is 1.99. The summed E-state index contributed by atoms with van der Waals surface area (Å²) in [7, 11) is 0. The molecule has 1 heterocycles. The van der Waals surface area contributed by atoms with Gasteiger partial charge < -0.3 is 20.2 Å². The number of aromatic nitrogens is 2. The minimum absolute atomic E-state index is 0.148. The van der Waals surface area contributed by atoms with Gasteiger partial charge in [-0.25, -0.2) is 4.79 Å². The van der Waals surface area contributed by atoms with Gasteiger partial charge in [0, 0.05) is 13.0 Å². The topological polar surface area (TPSA) is 124 Å². The van der Waals surface area contributed by atoms with E-state index in [1.165, 1.54) is 6.92 Å². The van der Waals surface area contributed by atoms with E-state index < -0.39 is 29.2 Å². The van der Waals surface area contributed by atoms with Crippen molar-refractivity contribution in [2.45, 2.75) is 25.9 Å². The lowest BCUT2D eigenvalue weighted by Gasteiger charge is -2.14. The predicted octanol–water partition coefficient (Wildman–Crippen LogP) is -1.67. The molecular formula is C14H14N3O5-. The van der Waals surface area contributed by atoms with Crippen molar-refractivity contribution in [1.82, 2.24) is 14.9 Å². The van der Waals surface area contributed by atoms with E-state index in [1.807, 2.05) is 0 Å². The van der Waals surface area contributed by atoms with Crippen molar-refractivity contribution in [2.24, 2.45) is 0 Å². The number of carbonyl (C=O) groups is 2. The molecule has 0 fully saturated rings. The first-order valence-electron chi connectivity index (χ1n) is 6.62. The molecule has 2 rings (SSSR count). The number of carboxylic acid groups (broad SMARTS) is 1. The molecule has 8 nitrogen and oxygen atoms in total. The average Bonchev–Trinajstić information content (AvgIpc) is 2.46. The van der Waals surface area contributed by atoms with E-state index in [4.69, 9.17) is 0 Å². The fraction of sp³-hybridized carbons (Fsp3) is 0.286. The summed E-state index contributed by atoms with van der Waals surface area (Å²) in [5, 5.41) is 13.1. The van der Waals surface area contributed by atoms with Crippen LogP contribution in [0.3, 0.4) is 0 Å². The molecule has 0 aliphatic rings. The molecule has 0 saturated heterocycles. The Morgan fingerprint density at radius 2 is 2.00 bits per heavy atom. The Morgan fingerprint density at radius 3 is 2.68 bits per heavy atom. The fourth-order valence-corrected chi connectivity index (χ4v) is 1.99. The number of para-hydroxylation sites is 1. The summed E-state index contributed by atoms with van der Waals surface area (Å²) in [4.78, 5) is 48.7. The summed E-state index contributed by atoms with van der Waals surface area (Å²) in [6, 6.07) is 5.40. The van der Waals surface area contributed by atoms with E-state index in [0.717, 1.165) is 4.57 Å². The summed E-state index contributed by atoms with van der Waals surface area (Å²) >= 11 is 0. The molecule has 0 radical (unpaired) electrons. The van der Waals surface area contributed by atoms with Crippen molar-refractivity contribution < 1.29 is 14.7 Å². The van der Waals surface area contributed by atoms with E-state index >= 15 is 0 Å². The normalized spacial score (nSPS) is 12.0. The number of hydrogen-bond acceptors (Lipinski definition) is 5. The van der Waals surface area contributed by atoms with Crippen LogP contribution in [0, 0.1) is 0 Å². The minimum Gasteiger partial charge on any atom is -0.548 e. The lowest BCUT2D eigenvalue weighted by molar-refractivity contribution is -0.307. The molecule has 0 aliphatic carbocycles. The molecule has 2 aromatic rings. The van der Waals surface area contributed by atoms with Gasteiger partial charge in [-0.05, 0) is 19.1 Å². The Labute approximate surface area is 124 Å². The summed E-state index contributed by atoms with van der Waals surface area (Å²) < 4.78 is 0.908. The van der Waals surface area contributed by atoms with Crippen LogP contribution in [0.4, 0.5) is 0 Å². The molecule has 0 bridgehead atoms. The summed E-state index contributed by atoms with van der Waals surface area (Å²) in [6.07, 6.45) is -0.195. The van der Waals surface area contributed by atoms with E-state index in [1.54, 1.807) is 24.3 Å². The van der Waals surface area contributed by atoms with Gasteiger partial charge >= 0.3 is 5.69 Å². The molecule has 1 aromatic heterocycles. The second kappa shape index (κ2) is 6.25. The highest BCUT2D eigenvalue weighted by Crippen LogP contribution is 2.03. The predicted molar refractivity (Wildman–Crippen MR) is 76.1 cm³/mol. The number of nitrogens with zero attached hydrogens (tertiary/aromatic N) is 1. The maximum atomic E-state index is 12.2. The number of carbonyl (C=O) groups excluding carboxylic acids is 2. The molecule has 22 heavy (non-hydrogen) atoms. The monoisotopic (exact) mass is 304 g/mol. The van der Waals surface area contributed by atoms with Crippen molar-refractivity contribution in [1.29, 1.82) is 0 Å². The Morgan fingerprint density at radius 1 is 1.32 bits per heavy atom. The van der Waals surface area contributed by atoms with Gasteiger partial charge in [-0.2, -0.15) is 0 Å². The van der Waals surface area contributed by atoms with Crippen molar-refractivity contribution in [3.63, 3.8) is 0 Å². The van der Waals surface area contributed by atoms with Gasteiger partial charge in [0.25, 0.3) is 5.56 Å². The maximum absolute atomic E-state index is 12.2. The molecule has 0 saturated carbocycles. The van der Waals surface area contributed by atoms with Crippen LogP contribution in [0.2, 0.25) is 0 Å². The number of aromatic amines is 1. The van der Waals surface area contributed by atoms with Crippen LogP contribution in [0.25, 0.3) is 10.9 Å². The molecule has 8 heteroatoms. The third-order valence-electron chi connectivity index (χ3n) is 3.18. The van der Waals surface area contributed by atoms with Gasteiger partial charge in [0.05, 0.1) is 22.9 Å². The average molecular weight is 304 g/mol. The zero-order valence-corrected chi connectivity index (χ0v) is 11.8. The number of aliphatic carboxylic acids is 1. The number of nitrogens with one attached hydrogen (secondary N) is 2. The van der Waals surface area contributed by atoms with E-state index in [-0.39, 0.29) is 13.0 Å². The van der Waals surface area contributed by atoms with Gasteiger partial charge in [-0.15, -0.1) is 0 Å². The number of benzene rings is 1. The van der Waals surface area contributed by atoms with Gasteiger partial charge in [0.2, 0.25) is 5.91 Å². The van der Waals surface area contributed by atoms with Crippen molar-refractivity contribution in [2.75, 3.05) is 0 Å². The standard InChI is InChI=1S/C14H15N3O5/c1-8(13(20)21)15-11(18)6-7-17-12(19)9-4-2-3-5-10(9)16-14(17)22/h2-5,8H,6-7H2,1H3,(H,15,18)(H,16,22)(H,20,21)/p-1/t8-/m0/s1. The number of hydrogen-bond donors (Lipinski definition) is 2. The SMILES string of the molecule is C[C@H](NC(=O)CCn1c(=O)[nH]c2ccccc2c1=O)C(=O)[O-]. The molecule has 1 amide bonds. The van der Waals surface area contributed by atoms with Gasteiger partial charge in [0.15, 0.2) is 0 Å². The quantitative estimate of drug-likeness (QED) is 0.684. The highest BCUT2D eigenvalue weighted by molar-refractivity contribution is 5.82. The van der Waals surface area contributed by atoms with Crippen molar-refractivity contribution in [3.8, 4) is 0 Å². The van der Waals surface area contributed by atoms with E-state index in [9.17, 15) is 24.3 Å². The van der Waals surface area contributed by atoms with Crippen LogP contribution < -0.4 is 21.7 Å². The summed E-state index contributed by atoms with van der Waals surface area (Å²) in [6.45, 7) is 1.12.